The van der Waals surface area contributed by atoms with Gasteiger partial charge in [-0.1, -0.05) is 65.7 Å². The van der Waals surface area contributed by atoms with E-state index in [2.05, 4.69) is 28.2 Å². The number of hydrogen-bond acceptors (Lipinski definition) is 5. The molecule has 2 rings (SSSR count). The molecule has 0 radical (unpaired) electrons. The third kappa shape index (κ3) is 7.62. The Bertz CT molecular complexity index is 852. The van der Waals surface area contributed by atoms with Gasteiger partial charge in [0, 0.05) is 10.0 Å². The van der Waals surface area contributed by atoms with Crippen molar-refractivity contribution in [3.05, 3.63) is 69.8 Å². The van der Waals surface area contributed by atoms with Crippen molar-refractivity contribution in [1.29, 1.82) is 0 Å². The zero-order valence-corrected chi connectivity index (χ0v) is 18.0. The molecule has 0 bridgehead atoms. The highest BCUT2D eigenvalue weighted by molar-refractivity contribution is 9.10. The van der Waals surface area contributed by atoms with Crippen LogP contribution in [0.1, 0.15) is 30.9 Å². The molecule has 7 heteroatoms. The van der Waals surface area contributed by atoms with Crippen molar-refractivity contribution in [2.45, 2.75) is 26.4 Å². The summed E-state index contributed by atoms with van der Waals surface area (Å²) in [5, 5.41) is 2.45. The molecule has 0 aliphatic heterocycles. The molecule has 0 aliphatic carbocycles. The lowest BCUT2D eigenvalue weighted by Gasteiger charge is -2.12. The van der Waals surface area contributed by atoms with Gasteiger partial charge in [0.05, 0.1) is 13.7 Å². The van der Waals surface area contributed by atoms with E-state index >= 15 is 0 Å². The average Bonchev–Trinajstić information content (AvgIpc) is 2.73. The predicted octanol–water partition coefficient (Wildman–Crippen LogP) is 5.07. The number of nitrogens with one attached hydrogen (secondary N) is 1. The molecule has 0 saturated carbocycles. The summed E-state index contributed by atoms with van der Waals surface area (Å²) in [6.07, 6.45) is 2.66. The zero-order valence-electron chi connectivity index (χ0n) is 16.4. The number of benzene rings is 2. The van der Waals surface area contributed by atoms with E-state index in [1.54, 1.807) is 6.07 Å². The Kier molecular flexibility index (Phi) is 9.24. The normalized spacial score (nSPS) is 10.9. The smallest absolute Gasteiger partial charge is 0.412 e. The molecule has 0 spiro atoms. The van der Waals surface area contributed by atoms with Crippen LogP contribution in [-0.2, 0) is 20.9 Å². The fourth-order valence-corrected chi connectivity index (χ4v) is 2.70. The Morgan fingerprint density at radius 3 is 2.59 bits per heavy atom. The lowest BCUT2D eigenvalue weighted by atomic mass is 10.1. The van der Waals surface area contributed by atoms with E-state index in [-0.39, 0.29) is 12.3 Å². The minimum absolute atomic E-state index is 0.0479. The van der Waals surface area contributed by atoms with Crippen molar-refractivity contribution in [2.75, 3.05) is 13.7 Å². The molecular formula is C22H24BrNO5. The van der Waals surface area contributed by atoms with Gasteiger partial charge in [0.15, 0.2) is 0 Å². The van der Waals surface area contributed by atoms with Crippen LogP contribution in [0.4, 0.5) is 4.79 Å². The average molecular weight is 462 g/mol. The first-order chi connectivity index (χ1) is 14.0. The highest BCUT2D eigenvalue weighted by atomic mass is 79.9. The van der Waals surface area contributed by atoms with Crippen LogP contribution in [0, 0.1) is 0 Å². The summed E-state index contributed by atoms with van der Waals surface area (Å²) in [6, 6.07) is 14.7. The summed E-state index contributed by atoms with van der Waals surface area (Å²) in [5.74, 6) is -0.0993. The molecule has 0 saturated heterocycles. The summed E-state index contributed by atoms with van der Waals surface area (Å²) in [5.41, 5.74) is 1.42. The summed E-state index contributed by atoms with van der Waals surface area (Å²) >= 11 is 3.42. The molecule has 6 nitrogen and oxygen atoms in total. The number of rotatable bonds is 9. The summed E-state index contributed by atoms with van der Waals surface area (Å²) < 4.78 is 16.6. The first-order valence-electron chi connectivity index (χ1n) is 9.23. The van der Waals surface area contributed by atoms with Gasteiger partial charge in [-0.05, 0) is 30.2 Å². The van der Waals surface area contributed by atoms with Gasteiger partial charge < -0.3 is 14.2 Å². The lowest BCUT2D eigenvalue weighted by molar-refractivity contribution is -0.136. The standard InChI is InChI=1S/C22H24BrNO5/c1-3-4-12-28-20-14-18(23)11-10-17(20)13-19(21(25)27-2)24-22(26)29-15-16-8-6-5-7-9-16/h5-11,13-14H,3-4,12,15H2,1-2H3,(H,24,26)/b19-13+. The first-order valence-corrected chi connectivity index (χ1v) is 10.0. The fourth-order valence-electron chi connectivity index (χ4n) is 2.36. The molecule has 0 heterocycles. The van der Waals surface area contributed by atoms with Crippen LogP contribution >= 0.6 is 15.9 Å². The minimum atomic E-state index is -0.754. The SMILES string of the molecule is CCCCOc1cc(Br)ccc1/C=C(/NC(=O)OCc1ccccc1)C(=O)OC. The molecule has 0 unspecified atom stereocenters. The maximum atomic E-state index is 12.2. The maximum Gasteiger partial charge on any atom is 0.412 e. The van der Waals surface area contributed by atoms with E-state index in [1.165, 1.54) is 13.2 Å². The molecule has 29 heavy (non-hydrogen) atoms. The van der Waals surface area contributed by atoms with Crippen LogP contribution in [0.3, 0.4) is 0 Å². The van der Waals surface area contributed by atoms with E-state index in [0.717, 1.165) is 22.9 Å². The van der Waals surface area contributed by atoms with E-state index < -0.39 is 12.1 Å². The van der Waals surface area contributed by atoms with Crippen molar-refractivity contribution in [1.82, 2.24) is 5.32 Å². The second-order valence-corrected chi connectivity index (χ2v) is 7.04. The number of unbranched alkanes of at least 4 members (excludes halogenated alkanes) is 1. The quantitative estimate of drug-likeness (QED) is 0.320. The number of carbonyl (C=O) groups is 2. The second-order valence-electron chi connectivity index (χ2n) is 6.12. The van der Waals surface area contributed by atoms with E-state index in [0.29, 0.717) is 17.9 Å². The van der Waals surface area contributed by atoms with Gasteiger partial charge in [-0.15, -0.1) is 0 Å². The fraction of sp³-hybridized carbons (Fsp3) is 0.273. The molecule has 0 aliphatic rings. The van der Waals surface area contributed by atoms with Gasteiger partial charge in [0.2, 0.25) is 0 Å². The lowest BCUT2D eigenvalue weighted by Crippen LogP contribution is -2.28. The number of hydrogen-bond donors (Lipinski definition) is 1. The largest absolute Gasteiger partial charge is 0.493 e. The summed E-state index contributed by atoms with van der Waals surface area (Å²) in [6.45, 7) is 2.71. The third-order valence-electron chi connectivity index (χ3n) is 3.89. The van der Waals surface area contributed by atoms with Gasteiger partial charge in [-0.3, -0.25) is 5.32 Å². The van der Waals surface area contributed by atoms with Crippen LogP contribution < -0.4 is 10.1 Å². The number of methoxy groups -OCH3 is 1. The van der Waals surface area contributed by atoms with Gasteiger partial charge in [0.25, 0.3) is 0 Å². The molecule has 2 aromatic rings. The Morgan fingerprint density at radius 1 is 1.14 bits per heavy atom. The second kappa shape index (κ2) is 11.9. The van der Waals surface area contributed by atoms with E-state index in [1.807, 2.05) is 42.5 Å². The van der Waals surface area contributed by atoms with E-state index in [4.69, 9.17) is 14.2 Å². The van der Waals surface area contributed by atoms with Gasteiger partial charge in [-0.25, -0.2) is 9.59 Å². The zero-order chi connectivity index (χ0) is 21.1. The number of amides is 1. The molecule has 2 aromatic carbocycles. The first kappa shape index (κ1) is 22.5. The summed E-state index contributed by atoms with van der Waals surface area (Å²) in [4.78, 5) is 24.3. The highest BCUT2D eigenvalue weighted by Gasteiger charge is 2.16. The van der Waals surface area contributed by atoms with Crippen LogP contribution in [0.15, 0.2) is 58.7 Å². The topological polar surface area (TPSA) is 73.9 Å². The number of esters is 1. The molecule has 1 amide bonds. The Labute approximate surface area is 179 Å². The Morgan fingerprint density at radius 2 is 1.90 bits per heavy atom. The van der Waals surface area contributed by atoms with Crippen molar-refractivity contribution in [3.8, 4) is 5.75 Å². The van der Waals surface area contributed by atoms with E-state index in [9.17, 15) is 9.59 Å². The van der Waals surface area contributed by atoms with Crippen molar-refractivity contribution in [2.24, 2.45) is 0 Å². The number of carbonyl (C=O) groups excluding carboxylic acids is 2. The molecule has 0 atom stereocenters. The molecule has 0 fully saturated rings. The summed E-state index contributed by atoms with van der Waals surface area (Å²) in [7, 11) is 1.24. The maximum absolute atomic E-state index is 12.2. The molecule has 0 aromatic heterocycles. The Hall–Kier alpha value is -2.80. The minimum Gasteiger partial charge on any atom is -0.493 e. The van der Waals surface area contributed by atoms with Gasteiger partial charge in [0.1, 0.15) is 18.1 Å². The Balaban J connectivity index is 2.15. The van der Waals surface area contributed by atoms with Crippen LogP contribution in [-0.4, -0.2) is 25.8 Å². The molecule has 154 valence electrons. The van der Waals surface area contributed by atoms with Gasteiger partial charge in [-0.2, -0.15) is 0 Å². The van der Waals surface area contributed by atoms with Crippen molar-refractivity contribution >= 4 is 34.1 Å². The van der Waals surface area contributed by atoms with Crippen LogP contribution in [0.25, 0.3) is 6.08 Å². The van der Waals surface area contributed by atoms with Crippen molar-refractivity contribution in [3.63, 3.8) is 0 Å². The monoisotopic (exact) mass is 461 g/mol. The predicted molar refractivity (Wildman–Crippen MR) is 114 cm³/mol. The number of alkyl carbamates (subject to hydrolysis) is 1. The highest BCUT2D eigenvalue weighted by Crippen LogP contribution is 2.26. The molecular weight excluding hydrogens is 438 g/mol. The van der Waals surface area contributed by atoms with Crippen molar-refractivity contribution < 1.29 is 23.8 Å². The molecule has 1 N–H and O–H groups in total. The van der Waals surface area contributed by atoms with Gasteiger partial charge >= 0.3 is 12.1 Å². The van der Waals surface area contributed by atoms with Crippen LogP contribution in [0.2, 0.25) is 0 Å². The van der Waals surface area contributed by atoms with Crippen LogP contribution in [0.5, 0.6) is 5.75 Å². The number of ether oxygens (including phenoxy) is 3. The number of halogens is 1. The third-order valence-corrected chi connectivity index (χ3v) is 4.38.